The average Bonchev–Trinajstić information content (AvgIpc) is 2.73. The van der Waals surface area contributed by atoms with Crippen LogP contribution in [0.3, 0.4) is 0 Å². The molecule has 2 aromatic heterocycles. The van der Waals surface area contributed by atoms with Crippen molar-refractivity contribution in [1.29, 1.82) is 0 Å². The van der Waals surface area contributed by atoms with Crippen molar-refractivity contribution in [1.82, 2.24) is 10.3 Å². The van der Waals surface area contributed by atoms with Crippen molar-refractivity contribution in [3.8, 4) is 0 Å². The standard InChI is InChI=1S/C12H11ClN2OS/c13-11-2-1-10(17-11)7-12(16)15-8-9-3-5-14-6-4-9/h1-6H,7-8H2,(H,15,16). The number of nitrogens with one attached hydrogen (secondary N) is 1. The fourth-order valence-electron chi connectivity index (χ4n) is 1.37. The van der Waals surface area contributed by atoms with Crippen LogP contribution in [0.5, 0.6) is 0 Å². The maximum atomic E-state index is 11.6. The Morgan fingerprint density at radius 1 is 1.29 bits per heavy atom. The van der Waals surface area contributed by atoms with Crippen LogP contribution in [0.4, 0.5) is 0 Å². The number of nitrogens with zero attached hydrogens (tertiary/aromatic N) is 1. The Balaban J connectivity index is 1.82. The molecule has 0 aliphatic heterocycles. The number of carbonyl (C=O) groups excluding carboxylic acids is 1. The molecule has 0 atom stereocenters. The number of halogens is 1. The first-order valence-corrected chi connectivity index (χ1v) is 6.33. The van der Waals surface area contributed by atoms with E-state index in [0.717, 1.165) is 10.4 Å². The molecule has 0 fully saturated rings. The third-order valence-corrected chi connectivity index (χ3v) is 3.43. The molecule has 1 amide bonds. The molecular weight excluding hydrogens is 256 g/mol. The topological polar surface area (TPSA) is 42.0 Å². The third kappa shape index (κ3) is 3.84. The van der Waals surface area contributed by atoms with E-state index in [1.807, 2.05) is 18.2 Å². The predicted octanol–water partition coefficient (Wildman–Crippen LogP) is 2.66. The normalized spacial score (nSPS) is 10.2. The molecule has 0 unspecified atom stereocenters. The van der Waals surface area contributed by atoms with Crippen molar-refractivity contribution in [3.63, 3.8) is 0 Å². The SMILES string of the molecule is O=C(Cc1ccc(Cl)s1)NCc1ccncc1. The molecule has 2 heterocycles. The summed E-state index contributed by atoms with van der Waals surface area (Å²) in [4.78, 5) is 16.5. The number of hydrogen-bond donors (Lipinski definition) is 1. The van der Waals surface area contributed by atoms with Gasteiger partial charge in [-0.1, -0.05) is 11.6 Å². The quantitative estimate of drug-likeness (QED) is 0.924. The van der Waals surface area contributed by atoms with Crippen molar-refractivity contribution in [2.75, 3.05) is 0 Å². The van der Waals surface area contributed by atoms with Crippen LogP contribution < -0.4 is 5.32 Å². The van der Waals surface area contributed by atoms with Crippen molar-refractivity contribution < 1.29 is 4.79 Å². The lowest BCUT2D eigenvalue weighted by molar-refractivity contribution is -0.120. The van der Waals surface area contributed by atoms with E-state index in [0.29, 0.717) is 17.3 Å². The zero-order valence-electron chi connectivity index (χ0n) is 9.02. The molecule has 0 bridgehead atoms. The van der Waals surface area contributed by atoms with Crippen LogP contribution in [-0.4, -0.2) is 10.9 Å². The van der Waals surface area contributed by atoms with Gasteiger partial charge in [0, 0.05) is 23.8 Å². The Morgan fingerprint density at radius 3 is 2.71 bits per heavy atom. The van der Waals surface area contributed by atoms with E-state index in [-0.39, 0.29) is 5.91 Å². The van der Waals surface area contributed by atoms with E-state index in [1.54, 1.807) is 18.5 Å². The second-order valence-electron chi connectivity index (χ2n) is 3.51. The lowest BCUT2D eigenvalue weighted by atomic mass is 10.2. The van der Waals surface area contributed by atoms with Crippen molar-refractivity contribution in [2.24, 2.45) is 0 Å². The predicted molar refractivity (Wildman–Crippen MR) is 69.1 cm³/mol. The lowest BCUT2D eigenvalue weighted by Crippen LogP contribution is -2.24. The summed E-state index contributed by atoms with van der Waals surface area (Å²) < 4.78 is 0.710. The number of hydrogen-bond acceptors (Lipinski definition) is 3. The molecule has 5 heteroatoms. The Hall–Kier alpha value is -1.39. The van der Waals surface area contributed by atoms with Crippen LogP contribution in [0, 0.1) is 0 Å². The van der Waals surface area contributed by atoms with E-state index in [4.69, 9.17) is 11.6 Å². The molecular formula is C12H11ClN2OS. The van der Waals surface area contributed by atoms with Crippen LogP contribution in [0.2, 0.25) is 4.34 Å². The molecule has 0 spiro atoms. The molecule has 3 nitrogen and oxygen atoms in total. The summed E-state index contributed by atoms with van der Waals surface area (Å²) in [5, 5.41) is 2.85. The van der Waals surface area contributed by atoms with E-state index in [1.165, 1.54) is 11.3 Å². The summed E-state index contributed by atoms with van der Waals surface area (Å²) >= 11 is 7.23. The van der Waals surface area contributed by atoms with Crippen LogP contribution in [-0.2, 0) is 17.8 Å². The monoisotopic (exact) mass is 266 g/mol. The van der Waals surface area contributed by atoms with Gasteiger partial charge in [0.1, 0.15) is 0 Å². The van der Waals surface area contributed by atoms with Gasteiger partial charge in [-0.3, -0.25) is 9.78 Å². The number of carbonyl (C=O) groups is 1. The van der Waals surface area contributed by atoms with Gasteiger partial charge in [0.25, 0.3) is 0 Å². The minimum absolute atomic E-state index is 0.000305. The van der Waals surface area contributed by atoms with E-state index < -0.39 is 0 Å². The fraction of sp³-hybridized carbons (Fsp3) is 0.167. The molecule has 0 saturated heterocycles. The molecule has 2 aromatic rings. The van der Waals surface area contributed by atoms with Crippen LogP contribution in [0.15, 0.2) is 36.7 Å². The molecule has 17 heavy (non-hydrogen) atoms. The fourth-order valence-corrected chi connectivity index (χ4v) is 2.45. The smallest absolute Gasteiger partial charge is 0.225 e. The second kappa shape index (κ2) is 5.80. The number of pyridine rings is 1. The largest absolute Gasteiger partial charge is 0.352 e. The van der Waals surface area contributed by atoms with Crippen molar-refractivity contribution in [2.45, 2.75) is 13.0 Å². The van der Waals surface area contributed by atoms with Gasteiger partial charge in [0.15, 0.2) is 0 Å². The van der Waals surface area contributed by atoms with E-state index in [2.05, 4.69) is 10.3 Å². The highest BCUT2D eigenvalue weighted by molar-refractivity contribution is 7.16. The molecule has 2 rings (SSSR count). The molecule has 1 N–H and O–H groups in total. The van der Waals surface area contributed by atoms with Crippen LogP contribution in [0.1, 0.15) is 10.4 Å². The minimum atomic E-state index is 0.000305. The van der Waals surface area contributed by atoms with Gasteiger partial charge < -0.3 is 5.32 Å². The first kappa shape index (κ1) is 12.1. The van der Waals surface area contributed by atoms with E-state index >= 15 is 0 Å². The zero-order chi connectivity index (χ0) is 12.1. The van der Waals surface area contributed by atoms with Crippen molar-refractivity contribution >= 4 is 28.8 Å². The Labute approximate surface area is 108 Å². The summed E-state index contributed by atoms with van der Waals surface area (Å²) in [6.07, 6.45) is 3.80. The number of aromatic nitrogens is 1. The third-order valence-electron chi connectivity index (χ3n) is 2.20. The van der Waals surface area contributed by atoms with Gasteiger partial charge in [0.2, 0.25) is 5.91 Å². The summed E-state index contributed by atoms with van der Waals surface area (Å²) in [5.74, 6) is 0.000305. The highest BCUT2D eigenvalue weighted by Gasteiger charge is 2.05. The molecule has 88 valence electrons. The summed E-state index contributed by atoms with van der Waals surface area (Å²) in [6, 6.07) is 7.43. The second-order valence-corrected chi connectivity index (χ2v) is 5.31. The molecule has 0 radical (unpaired) electrons. The Morgan fingerprint density at radius 2 is 2.06 bits per heavy atom. The Bertz CT molecular complexity index is 498. The van der Waals surface area contributed by atoms with Gasteiger partial charge >= 0.3 is 0 Å². The van der Waals surface area contributed by atoms with Gasteiger partial charge in [-0.15, -0.1) is 11.3 Å². The van der Waals surface area contributed by atoms with Gasteiger partial charge in [-0.05, 0) is 29.8 Å². The number of thiophene rings is 1. The van der Waals surface area contributed by atoms with Gasteiger partial charge in [-0.2, -0.15) is 0 Å². The summed E-state index contributed by atoms with van der Waals surface area (Å²) in [5.41, 5.74) is 1.04. The lowest BCUT2D eigenvalue weighted by Gasteiger charge is -2.03. The molecule has 0 aliphatic carbocycles. The van der Waals surface area contributed by atoms with Crippen molar-refractivity contribution in [3.05, 3.63) is 51.4 Å². The maximum absolute atomic E-state index is 11.6. The first-order valence-electron chi connectivity index (χ1n) is 5.14. The van der Waals surface area contributed by atoms with Crippen LogP contribution >= 0.6 is 22.9 Å². The number of rotatable bonds is 4. The Kier molecular flexibility index (Phi) is 4.12. The van der Waals surface area contributed by atoms with Crippen LogP contribution in [0.25, 0.3) is 0 Å². The average molecular weight is 267 g/mol. The highest BCUT2D eigenvalue weighted by atomic mass is 35.5. The van der Waals surface area contributed by atoms with Gasteiger partial charge in [0.05, 0.1) is 10.8 Å². The highest BCUT2D eigenvalue weighted by Crippen LogP contribution is 2.21. The molecule has 0 aliphatic rings. The number of amides is 1. The maximum Gasteiger partial charge on any atom is 0.225 e. The molecule has 0 aromatic carbocycles. The zero-order valence-corrected chi connectivity index (χ0v) is 10.6. The first-order chi connectivity index (χ1) is 8.24. The summed E-state index contributed by atoms with van der Waals surface area (Å²) in [6.45, 7) is 0.528. The van der Waals surface area contributed by atoms with Gasteiger partial charge in [-0.25, -0.2) is 0 Å². The molecule has 0 saturated carbocycles. The minimum Gasteiger partial charge on any atom is -0.352 e. The summed E-state index contributed by atoms with van der Waals surface area (Å²) in [7, 11) is 0. The van der Waals surface area contributed by atoms with E-state index in [9.17, 15) is 4.79 Å².